The number of methoxy groups -OCH3 is 2. The summed E-state index contributed by atoms with van der Waals surface area (Å²) in [7, 11) is 6.99. The van der Waals surface area contributed by atoms with Crippen molar-refractivity contribution in [2.75, 3.05) is 46.4 Å². The van der Waals surface area contributed by atoms with Crippen LogP contribution in [0.5, 0.6) is 11.5 Å². The molecular weight excluding hydrogens is 693 g/mol. The van der Waals surface area contributed by atoms with Crippen molar-refractivity contribution in [2.24, 2.45) is 29.1 Å². The van der Waals surface area contributed by atoms with E-state index in [-0.39, 0.29) is 36.4 Å². The first-order valence-corrected chi connectivity index (χ1v) is 19.6. The molecule has 4 fully saturated rings. The van der Waals surface area contributed by atoms with Crippen LogP contribution in [0.3, 0.4) is 0 Å². The van der Waals surface area contributed by atoms with Gasteiger partial charge in [-0.15, -0.1) is 11.3 Å². The van der Waals surface area contributed by atoms with E-state index < -0.39 is 24.2 Å². The number of para-hydroxylation sites is 1. The number of hydrogen-bond donors (Lipinski definition) is 4. The van der Waals surface area contributed by atoms with E-state index in [1.807, 2.05) is 60.8 Å². The van der Waals surface area contributed by atoms with Crippen LogP contribution in [0.1, 0.15) is 61.3 Å². The number of hydrogen-bond acceptors (Lipinski definition) is 10. The number of amides is 2. The Morgan fingerprint density at radius 2 is 1.85 bits per heavy atom. The molecule has 53 heavy (non-hydrogen) atoms. The first-order valence-electron chi connectivity index (χ1n) is 18.7. The number of ether oxygens (including phenoxy) is 2. The van der Waals surface area contributed by atoms with Gasteiger partial charge in [-0.25, -0.2) is 0 Å². The lowest BCUT2D eigenvalue weighted by Crippen LogP contribution is -2.62. The Hall–Kier alpha value is -3.68. The van der Waals surface area contributed by atoms with Crippen LogP contribution in [0.2, 0.25) is 0 Å². The minimum atomic E-state index is -0.912. The molecule has 8 atom stereocenters. The number of nitrogens with zero attached hydrogens (tertiary/aromatic N) is 2. The molecule has 2 heterocycles. The second kappa shape index (κ2) is 16.0. The number of nitrogens with one attached hydrogen (secondary N) is 2. The standard InChI is InChI=1S/C41H56N4O7S/c1-23-31-19-27(41(31,3)4)20-32(23)43-40(49)36-35(24(2)47)34(22-46)52-45(36)21-25-11-9-13-29(37(25)50-7)30-17-26(18-33(44(5)6)38(30)51-8)39(48)42-15-14-28-12-10-16-53-28/h9-13,16-18,23-24,27,31-32,34-36,46-47H,14-15,19-22H2,1-8H3,(H,42,48)(H,43,49)/t23-,24-,27+,31-,32?,34-,35+,36-/m0/s1. The molecule has 11 nitrogen and oxygen atoms in total. The molecule has 3 saturated carbocycles. The predicted molar refractivity (Wildman–Crippen MR) is 207 cm³/mol. The van der Waals surface area contributed by atoms with Crippen LogP contribution in [-0.4, -0.2) is 92.8 Å². The zero-order valence-electron chi connectivity index (χ0n) is 32.2. The zero-order valence-corrected chi connectivity index (χ0v) is 33.0. The van der Waals surface area contributed by atoms with Crippen molar-refractivity contribution < 1.29 is 34.1 Å². The van der Waals surface area contributed by atoms with Gasteiger partial charge in [0.2, 0.25) is 5.91 Å². The molecule has 4 aliphatic rings. The molecule has 1 aliphatic heterocycles. The van der Waals surface area contributed by atoms with Crippen molar-refractivity contribution in [3.63, 3.8) is 0 Å². The summed E-state index contributed by atoms with van der Waals surface area (Å²) in [6.45, 7) is 8.83. The number of benzene rings is 2. The third-order valence-electron chi connectivity index (χ3n) is 12.2. The highest BCUT2D eigenvalue weighted by atomic mass is 32.1. The summed E-state index contributed by atoms with van der Waals surface area (Å²) >= 11 is 1.66. The van der Waals surface area contributed by atoms with Gasteiger partial charge in [-0.3, -0.25) is 14.4 Å². The Morgan fingerprint density at radius 3 is 2.45 bits per heavy atom. The second-order valence-electron chi connectivity index (χ2n) is 15.8. The van der Waals surface area contributed by atoms with E-state index in [0.29, 0.717) is 52.5 Å². The molecule has 4 N–H and O–H groups in total. The molecule has 0 spiro atoms. The summed E-state index contributed by atoms with van der Waals surface area (Å²) in [5, 5.41) is 31.3. The lowest BCUT2D eigenvalue weighted by Gasteiger charge is -2.62. The Morgan fingerprint density at radius 1 is 1.09 bits per heavy atom. The van der Waals surface area contributed by atoms with Crippen LogP contribution in [0.4, 0.5) is 5.69 Å². The van der Waals surface area contributed by atoms with E-state index in [1.54, 1.807) is 37.5 Å². The molecule has 3 aliphatic carbocycles. The third kappa shape index (κ3) is 7.53. The Balaban J connectivity index is 1.31. The molecule has 7 rings (SSSR count). The van der Waals surface area contributed by atoms with Crippen LogP contribution >= 0.6 is 11.3 Å². The first-order chi connectivity index (χ1) is 25.3. The number of anilines is 1. The average Bonchev–Trinajstić information content (AvgIpc) is 3.79. The number of fused-ring (bicyclic) bond motifs is 2. The summed E-state index contributed by atoms with van der Waals surface area (Å²) < 4.78 is 12.1. The first kappa shape index (κ1) is 39.0. The summed E-state index contributed by atoms with van der Waals surface area (Å²) in [6, 6.07) is 12.6. The molecule has 1 saturated heterocycles. The smallest absolute Gasteiger partial charge is 0.251 e. The molecule has 2 bridgehead atoms. The van der Waals surface area contributed by atoms with Crippen molar-refractivity contribution in [3.05, 3.63) is 63.8 Å². The fourth-order valence-corrected chi connectivity index (χ4v) is 9.87. The molecule has 3 aromatic rings. The topological polar surface area (TPSA) is 133 Å². The Bertz CT molecular complexity index is 1760. The number of aliphatic hydroxyl groups is 2. The maximum Gasteiger partial charge on any atom is 0.251 e. The number of carbonyl (C=O) groups excluding carboxylic acids is 2. The van der Waals surface area contributed by atoms with Crippen LogP contribution in [-0.2, 0) is 22.6 Å². The van der Waals surface area contributed by atoms with Gasteiger partial charge >= 0.3 is 0 Å². The van der Waals surface area contributed by atoms with E-state index in [2.05, 4.69) is 37.5 Å². The summed E-state index contributed by atoms with van der Waals surface area (Å²) in [4.78, 5) is 37.2. The van der Waals surface area contributed by atoms with Gasteiger partial charge in [0.1, 0.15) is 23.6 Å². The van der Waals surface area contributed by atoms with E-state index in [4.69, 9.17) is 14.3 Å². The Labute approximate surface area is 317 Å². The summed E-state index contributed by atoms with van der Waals surface area (Å²) in [5.74, 6) is 1.47. The largest absolute Gasteiger partial charge is 0.496 e. The average molecular weight is 749 g/mol. The van der Waals surface area contributed by atoms with Gasteiger partial charge < -0.3 is 35.2 Å². The molecule has 2 amide bonds. The van der Waals surface area contributed by atoms with Gasteiger partial charge in [0, 0.05) is 59.7 Å². The predicted octanol–water partition coefficient (Wildman–Crippen LogP) is 5.13. The molecular formula is C41H56N4O7S. The number of carbonyl (C=O) groups is 2. The SMILES string of the molecule is COc1c(CN2O[C@@H](CO)[C@@H]([C@H](C)O)[C@H]2C(=O)NC2C[C@H]3C[C@@H]([C@@H]2C)C3(C)C)cccc1-c1cc(C(=O)NCCc2cccs2)cc(N(C)C)c1OC. The van der Waals surface area contributed by atoms with Crippen molar-refractivity contribution in [3.8, 4) is 22.6 Å². The maximum atomic E-state index is 14.3. The second-order valence-corrected chi connectivity index (χ2v) is 16.8. The normalized spacial score (nSPS) is 26.7. The summed E-state index contributed by atoms with van der Waals surface area (Å²) in [6.07, 6.45) is 1.18. The van der Waals surface area contributed by atoms with Crippen LogP contribution in [0, 0.1) is 29.1 Å². The van der Waals surface area contributed by atoms with Crippen LogP contribution in [0.25, 0.3) is 11.1 Å². The van der Waals surface area contributed by atoms with E-state index >= 15 is 0 Å². The van der Waals surface area contributed by atoms with Gasteiger partial charge in [0.05, 0.1) is 39.2 Å². The van der Waals surface area contributed by atoms with Gasteiger partial charge in [0.15, 0.2) is 0 Å². The van der Waals surface area contributed by atoms with E-state index in [9.17, 15) is 19.8 Å². The molecule has 288 valence electrons. The third-order valence-corrected chi connectivity index (χ3v) is 13.2. The van der Waals surface area contributed by atoms with E-state index in [0.717, 1.165) is 24.1 Å². The maximum absolute atomic E-state index is 14.3. The summed E-state index contributed by atoms with van der Waals surface area (Å²) in [5.41, 5.74) is 3.56. The highest BCUT2D eigenvalue weighted by Crippen LogP contribution is 2.61. The molecule has 1 aromatic heterocycles. The molecule has 1 unspecified atom stereocenters. The van der Waals surface area contributed by atoms with E-state index in [1.165, 1.54) is 11.3 Å². The van der Waals surface area contributed by atoms with Crippen LogP contribution in [0.15, 0.2) is 47.8 Å². The Kier molecular flexibility index (Phi) is 11.8. The van der Waals surface area contributed by atoms with Crippen molar-refractivity contribution in [2.45, 2.75) is 77.8 Å². The monoisotopic (exact) mass is 748 g/mol. The van der Waals surface area contributed by atoms with Gasteiger partial charge in [-0.05, 0) is 72.9 Å². The van der Waals surface area contributed by atoms with Crippen molar-refractivity contribution >= 4 is 28.8 Å². The zero-order chi connectivity index (χ0) is 38.2. The van der Waals surface area contributed by atoms with Crippen molar-refractivity contribution in [1.82, 2.24) is 15.7 Å². The number of rotatable bonds is 14. The highest BCUT2D eigenvalue weighted by Gasteiger charge is 2.57. The quantitative estimate of drug-likeness (QED) is 0.177. The number of thiophene rings is 1. The molecule has 0 radical (unpaired) electrons. The van der Waals surface area contributed by atoms with Gasteiger partial charge in [0.25, 0.3) is 5.91 Å². The lowest BCUT2D eigenvalue weighted by molar-refractivity contribution is -0.183. The number of hydroxylamine groups is 2. The fourth-order valence-electron chi connectivity index (χ4n) is 9.16. The minimum Gasteiger partial charge on any atom is -0.496 e. The fraction of sp³-hybridized carbons (Fsp3) is 0.561. The van der Waals surface area contributed by atoms with Crippen LogP contribution < -0.4 is 25.0 Å². The van der Waals surface area contributed by atoms with Gasteiger partial charge in [-0.2, -0.15) is 5.06 Å². The van der Waals surface area contributed by atoms with Crippen molar-refractivity contribution in [1.29, 1.82) is 0 Å². The lowest BCUT2D eigenvalue weighted by atomic mass is 9.45. The van der Waals surface area contributed by atoms with Gasteiger partial charge in [-0.1, -0.05) is 45.0 Å². The number of aliphatic hydroxyl groups excluding tert-OH is 2. The molecule has 12 heteroatoms. The molecule has 2 aromatic carbocycles. The highest BCUT2D eigenvalue weighted by molar-refractivity contribution is 7.09. The minimum absolute atomic E-state index is 0.0281.